The molecular formula is C17H14BrNO3S. The molecule has 1 aromatic heterocycles. The molecule has 0 atom stereocenters. The van der Waals surface area contributed by atoms with Crippen LogP contribution in [0.1, 0.15) is 11.3 Å². The van der Waals surface area contributed by atoms with Crippen molar-refractivity contribution >= 4 is 37.0 Å². The largest absolute Gasteiger partial charge is 0.377 e. The Bertz CT molecular complexity index is 1000. The molecule has 0 amide bonds. The Labute approximate surface area is 143 Å². The Morgan fingerprint density at radius 2 is 1.83 bits per heavy atom. The van der Waals surface area contributed by atoms with E-state index in [2.05, 4.69) is 20.9 Å². The van der Waals surface area contributed by atoms with Crippen molar-refractivity contribution in [3.05, 3.63) is 64.3 Å². The Morgan fingerprint density at radius 3 is 2.57 bits per heavy atom. The topological polar surface area (TPSA) is 56.3 Å². The molecule has 0 fully saturated rings. The van der Waals surface area contributed by atoms with Crippen molar-refractivity contribution in [1.82, 2.24) is 4.98 Å². The van der Waals surface area contributed by atoms with Crippen molar-refractivity contribution in [2.24, 2.45) is 0 Å². The molecule has 0 radical (unpaired) electrons. The van der Waals surface area contributed by atoms with Crippen molar-refractivity contribution in [3.8, 4) is 5.75 Å². The molecule has 0 aliphatic heterocycles. The van der Waals surface area contributed by atoms with E-state index >= 15 is 0 Å². The monoisotopic (exact) mass is 391 g/mol. The molecule has 0 aliphatic rings. The number of para-hydroxylation sites is 1. The molecule has 0 saturated carbocycles. The number of rotatable bonds is 3. The van der Waals surface area contributed by atoms with Crippen LogP contribution in [-0.4, -0.2) is 13.4 Å². The number of benzene rings is 2. The first-order chi connectivity index (χ1) is 10.9. The number of hydrogen-bond donors (Lipinski definition) is 0. The van der Waals surface area contributed by atoms with Gasteiger partial charge in [0.2, 0.25) is 0 Å². The molecule has 6 heteroatoms. The summed E-state index contributed by atoms with van der Waals surface area (Å²) in [6.45, 7) is 3.68. The van der Waals surface area contributed by atoms with E-state index in [4.69, 9.17) is 4.18 Å². The molecule has 23 heavy (non-hydrogen) atoms. The number of aromatic nitrogens is 1. The molecule has 3 rings (SSSR count). The third-order valence-corrected chi connectivity index (χ3v) is 5.56. The molecule has 0 bridgehead atoms. The molecular weight excluding hydrogens is 378 g/mol. The second-order valence-electron chi connectivity index (χ2n) is 5.23. The van der Waals surface area contributed by atoms with Crippen molar-refractivity contribution in [3.63, 3.8) is 0 Å². The number of halogens is 1. The fourth-order valence-electron chi connectivity index (χ4n) is 2.22. The van der Waals surface area contributed by atoms with Gasteiger partial charge in [-0.15, -0.1) is 0 Å². The molecule has 3 aromatic rings. The average molecular weight is 392 g/mol. The number of hydrogen-bond acceptors (Lipinski definition) is 4. The maximum absolute atomic E-state index is 12.5. The van der Waals surface area contributed by atoms with Crippen LogP contribution in [0.4, 0.5) is 0 Å². The highest BCUT2D eigenvalue weighted by Gasteiger charge is 2.19. The van der Waals surface area contributed by atoms with E-state index in [-0.39, 0.29) is 10.6 Å². The summed E-state index contributed by atoms with van der Waals surface area (Å²) in [5.74, 6) is 0.228. The van der Waals surface area contributed by atoms with Gasteiger partial charge in [0.05, 0.1) is 0 Å². The first-order valence-corrected chi connectivity index (χ1v) is 9.14. The summed E-state index contributed by atoms with van der Waals surface area (Å²) in [6, 6.07) is 13.8. The van der Waals surface area contributed by atoms with Gasteiger partial charge in [0, 0.05) is 15.6 Å². The molecule has 0 unspecified atom stereocenters. The fourth-order valence-corrected chi connectivity index (χ4v) is 3.49. The van der Waals surface area contributed by atoms with Crippen molar-refractivity contribution < 1.29 is 12.6 Å². The van der Waals surface area contributed by atoms with Crippen LogP contribution in [0.25, 0.3) is 10.9 Å². The molecule has 1 heterocycles. The maximum Gasteiger partial charge on any atom is 0.339 e. The lowest BCUT2D eigenvalue weighted by atomic mass is 10.2. The second-order valence-corrected chi connectivity index (χ2v) is 7.63. The molecule has 0 N–H and O–H groups in total. The van der Waals surface area contributed by atoms with Crippen LogP contribution >= 0.6 is 15.9 Å². The average Bonchev–Trinajstić information content (AvgIpc) is 2.50. The van der Waals surface area contributed by atoms with Gasteiger partial charge in [-0.3, -0.25) is 0 Å². The Balaban J connectivity index is 2.07. The molecule has 0 spiro atoms. The van der Waals surface area contributed by atoms with E-state index in [9.17, 15) is 8.42 Å². The van der Waals surface area contributed by atoms with Gasteiger partial charge >= 0.3 is 10.1 Å². The van der Waals surface area contributed by atoms with E-state index in [1.54, 1.807) is 24.3 Å². The minimum atomic E-state index is -3.92. The van der Waals surface area contributed by atoms with Gasteiger partial charge in [0.1, 0.15) is 10.4 Å². The van der Waals surface area contributed by atoms with Crippen LogP contribution in [0.2, 0.25) is 0 Å². The zero-order chi connectivity index (χ0) is 16.6. The third kappa shape index (κ3) is 3.23. The highest BCUT2D eigenvalue weighted by atomic mass is 79.9. The normalized spacial score (nSPS) is 11.6. The standard InChI is InChI=1S/C17H14BrNO3S/c1-11-10-14(8-9-15(11)18)23(20,21)22-16-5-3-4-13-7-6-12(2)19-17(13)16/h3-10H,1-2H3. The number of aryl methyl sites for hydroxylation is 2. The predicted molar refractivity (Wildman–Crippen MR) is 93.2 cm³/mol. The summed E-state index contributed by atoms with van der Waals surface area (Å²) in [7, 11) is -3.92. The smallest absolute Gasteiger partial charge is 0.339 e. The van der Waals surface area contributed by atoms with Crippen LogP contribution in [0.5, 0.6) is 5.75 Å². The minimum absolute atomic E-state index is 0.114. The molecule has 4 nitrogen and oxygen atoms in total. The van der Waals surface area contributed by atoms with E-state index < -0.39 is 10.1 Å². The van der Waals surface area contributed by atoms with E-state index in [1.807, 2.05) is 32.0 Å². The Hall–Kier alpha value is -1.92. The second kappa shape index (κ2) is 5.94. The quantitative estimate of drug-likeness (QED) is 0.621. The van der Waals surface area contributed by atoms with Crippen LogP contribution in [-0.2, 0) is 10.1 Å². The van der Waals surface area contributed by atoms with Gasteiger partial charge in [-0.2, -0.15) is 8.42 Å². The Kier molecular flexibility index (Phi) is 4.12. The number of nitrogens with zero attached hydrogens (tertiary/aromatic N) is 1. The van der Waals surface area contributed by atoms with Gasteiger partial charge < -0.3 is 4.18 Å². The molecule has 0 saturated heterocycles. The lowest BCUT2D eigenvalue weighted by Gasteiger charge is -2.10. The summed E-state index contributed by atoms with van der Waals surface area (Å²) >= 11 is 3.36. The number of fused-ring (bicyclic) bond motifs is 1. The van der Waals surface area contributed by atoms with Crippen LogP contribution in [0.15, 0.2) is 57.9 Å². The van der Waals surface area contributed by atoms with Crippen molar-refractivity contribution in [2.75, 3.05) is 0 Å². The lowest BCUT2D eigenvalue weighted by molar-refractivity contribution is 0.488. The first kappa shape index (κ1) is 16.0. The van der Waals surface area contributed by atoms with E-state index in [0.29, 0.717) is 5.52 Å². The summed E-state index contributed by atoms with van der Waals surface area (Å²) in [6.07, 6.45) is 0. The van der Waals surface area contributed by atoms with Crippen molar-refractivity contribution in [2.45, 2.75) is 18.7 Å². The summed E-state index contributed by atoms with van der Waals surface area (Å²) < 4.78 is 31.2. The van der Waals surface area contributed by atoms with E-state index in [0.717, 1.165) is 21.1 Å². The fraction of sp³-hybridized carbons (Fsp3) is 0.118. The highest BCUT2D eigenvalue weighted by molar-refractivity contribution is 9.10. The zero-order valence-electron chi connectivity index (χ0n) is 12.6. The van der Waals surface area contributed by atoms with Gasteiger partial charge in [0.15, 0.2) is 5.75 Å². The molecule has 2 aromatic carbocycles. The number of pyridine rings is 1. The SMILES string of the molecule is Cc1ccc2cccc(OS(=O)(=O)c3ccc(Br)c(C)c3)c2n1. The zero-order valence-corrected chi connectivity index (χ0v) is 15.0. The predicted octanol–water partition coefficient (Wildman–Crippen LogP) is 4.38. The van der Waals surface area contributed by atoms with Gasteiger partial charge in [0.25, 0.3) is 0 Å². The lowest BCUT2D eigenvalue weighted by Crippen LogP contribution is -2.10. The summed E-state index contributed by atoms with van der Waals surface area (Å²) in [5.41, 5.74) is 2.15. The van der Waals surface area contributed by atoms with Crippen LogP contribution < -0.4 is 4.18 Å². The highest BCUT2D eigenvalue weighted by Crippen LogP contribution is 2.28. The third-order valence-electron chi connectivity index (χ3n) is 3.44. The summed E-state index contributed by atoms with van der Waals surface area (Å²) in [5, 5.41) is 0.829. The van der Waals surface area contributed by atoms with Gasteiger partial charge in [-0.05, 0) is 49.7 Å². The first-order valence-electron chi connectivity index (χ1n) is 6.94. The molecule has 0 aliphatic carbocycles. The van der Waals surface area contributed by atoms with Gasteiger partial charge in [-0.1, -0.05) is 34.1 Å². The minimum Gasteiger partial charge on any atom is -0.377 e. The van der Waals surface area contributed by atoms with Crippen LogP contribution in [0.3, 0.4) is 0 Å². The van der Waals surface area contributed by atoms with Crippen LogP contribution in [0, 0.1) is 13.8 Å². The molecule has 118 valence electrons. The Morgan fingerprint density at radius 1 is 1.04 bits per heavy atom. The maximum atomic E-state index is 12.5. The van der Waals surface area contributed by atoms with E-state index in [1.165, 1.54) is 6.07 Å². The summed E-state index contributed by atoms with van der Waals surface area (Å²) in [4.78, 5) is 4.50. The van der Waals surface area contributed by atoms with Gasteiger partial charge in [-0.25, -0.2) is 4.98 Å². The van der Waals surface area contributed by atoms with Crippen molar-refractivity contribution in [1.29, 1.82) is 0 Å².